The Morgan fingerprint density at radius 3 is 0.814 bits per heavy atom. The maximum absolute atomic E-state index is 2.36. The van der Waals surface area contributed by atoms with E-state index in [1.807, 2.05) is 0 Å². The molecular formula is C86H56. The van der Waals surface area contributed by atoms with Gasteiger partial charge in [-0.05, 0) is 188 Å². The third-order valence-electron chi connectivity index (χ3n) is 17.7. The quantitative estimate of drug-likeness (QED) is 0.140. The van der Waals surface area contributed by atoms with E-state index in [0.717, 1.165) is 0 Å². The molecule has 17 rings (SSSR count). The predicted molar refractivity (Wildman–Crippen MR) is 371 cm³/mol. The molecule has 400 valence electrons. The van der Waals surface area contributed by atoms with E-state index in [0.29, 0.717) is 0 Å². The summed E-state index contributed by atoms with van der Waals surface area (Å²) in [5.74, 6) is 0. The molecule has 0 aromatic heterocycles. The summed E-state index contributed by atoms with van der Waals surface area (Å²) in [4.78, 5) is 0. The van der Waals surface area contributed by atoms with Crippen LogP contribution >= 0.6 is 0 Å². The van der Waals surface area contributed by atoms with Gasteiger partial charge in [0.25, 0.3) is 0 Å². The van der Waals surface area contributed by atoms with Crippen LogP contribution in [0.4, 0.5) is 0 Å². The van der Waals surface area contributed by atoms with E-state index < -0.39 is 0 Å². The van der Waals surface area contributed by atoms with E-state index in [9.17, 15) is 0 Å². The van der Waals surface area contributed by atoms with Gasteiger partial charge in [-0.2, -0.15) is 0 Å². The van der Waals surface area contributed by atoms with Gasteiger partial charge in [-0.3, -0.25) is 0 Å². The van der Waals surface area contributed by atoms with Crippen molar-refractivity contribution in [1.82, 2.24) is 0 Å². The second-order valence-electron chi connectivity index (χ2n) is 22.6. The third kappa shape index (κ3) is 8.95. The molecule has 0 saturated carbocycles. The van der Waals surface area contributed by atoms with Crippen LogP contribution in [0, 0.1) is 0 Å². The highest BCUT2D eigenvalue weighted by molar-refractivity contribution is 6.24. The number of hydrogen-bond acceptors (Lipinski definition) is 0. The lowest BCUT2D eigenvalue weighted by molar-refractivity contribution is 1.62. The van der Waals surface area contributed by atoms with Crippen LogP contribution in [-0.2, 0) is 0 Å². The van der Waals surface area contributed by atoms with Crippen LogP contribution < -0.4 is 0 Å². The molecule has 0 aliphatic heterocycles. The van der Waals surface area contributed by atoms with Crippen molar-refractivity contribution in [2.45, 2.75) is 0 Å². The normalized spacial score (nSPS) is 11.5. The van der Waals surface area contributed by atoms with Crippen molar-refractivity contribution in [3.63, 3.8) is 0 Å². The Kier molecular flexibility index (Phi) is 12.7. The van der Waals surface area contributed by atoms with Crippen LogP contribution in [0.2, 0.25) is 0 Å². The molecule has 0 unspecified atom stereocenters. The number of hydrogen-bond donors (Lipinski definition) is 0. The van der Waals surface area contributed by atoms with Gasteiger partial charge in [-0.15, -0.1) is 0 Å². The van der Waals surface area contributed by atoms with Gasteiger partial charge < -0.3 is 0 Å². The zero-order valence-electron chi connectivity index (χ0n) is 47.3. The summed E-state index contributed by atoms with van der Waals surface area (Å²) in [6, 6.07) is 124. The van der Waals surface area contributed by atoms with E-state index in [-0.39, 0.29) is 0 Å². The molecule has 0 bridgehead atoms. The van der Waals surface area contributed by atoms with Crippen LogP contribution in [0.3, 0.4) is 0 Å². The largest absolute Gasteiger partial charge is 0.0616 e. The minimum atomic E-state index is 1.23. The van der Waals surface area contributed by atoms with Gasteiger partial charge in [0.1, 0.15) is 0 Å². The first kappa shape index (κ1) is 50.5. The average Bonchev–Trinajstić information content (AvgIpc) is 0.974. The highest BCUT2D eigenvalue weighted by Gasteiger charge is 2.20. The molecule has 17 aromatic carbocycles. The first-order valence-electron chi connectivity index (χ1n) is 29.8. The Morgan fingerprint density at radius 1 is 0.116 bits per heavy atom. The molecule has 86 heavy (non-hydrogen) atoms. The second kappa shape index (κ2) is 21.5. The van der Waals surface area contributed by atoms with Gasteiger partial charge in [0, 0.05) is 0 Å². The molecule has 0 spiro atoms. The van der Waals surface area contributed by atoms with Crippen molar-refractivity contribution in [2.24, 2.45) is 0 Å². The van der Waals surface area contributed by atoms with Crippen molar-refractivity contribution in [1.29, 1.82) is 0 Å². The maximum Gasteiger partial charge on any atom is -0.00201 e. The Bertz CT molecular complexity index is 5350. The number of benzene rings is 17. The zero-order valence-corrected chi connectivity index (χ0v) is 47.3. The lowest BCUT2D eigenvalue weighted by Crippen LogP contribution is -1.92. The lowest BCUT2D eigenvalue weighted by atomic mass is 9.84. The SMILES string of the molecule is c1cc(-c2ccc3ccccc3c2)cc(-c2c3ccccc3c(-c3ccc(-c4cccc5ccccc45)cc3)c3ccccc23)c1.c1cc(-c2ccc3ccccc3c2)cc(-c2c3ccccc3c(-c3cccc4ccccc34)c3ccccc23)c1. The predicted octanol–water partition coefficient (Wildman–Crippen LogP) is 24.3. The van der Waals surface area contributed by atoms with E-state index in [4.69, 9.17) is 0 Å². The Labute approximate surface area is 500 Å². The van der Waals surface area contributed by atoms with E-state index in [2.05, 4.69) is 340 Å². The molecule has 0 amide bonds. The molecule has 0 heterocycles. The lowest BCUT2D eigenvalue weighted by Gasteiger charge is -2.19. The van der Waals surface area contributed by atoms with Crippen LogP contribution in [0.15, 0.2) is 340 Å². The van der Waals surface area contributed by atoms with Gasteiger partial charge in [0.05, 0.1) is 0 Å². The van der Waals surface area contributed by atoms with Gasteiger partial charge in [-0.25, -0.2) is 0 Å². The molecule has 0 nitrogen and oxygen atoms in total. The van der Waals surface area contributed by atoms with Gasteiger partial charge in [-0.1, -0.05) is 315 Å². The highest BCUT2D eigenvalue weighted by atomic mass is 14.2. The minimum Gasteiger partial charge on any atom is -0.0616 e. The highest BCUT2D eigenvalue weighted by Crippen LogP contribution is 2.48. The topological polar surface area (TPSA) is 0 Å². The summed E-state index contributed by atoms with van der Waals surface area (Å²) < 4.78 is 0. The van der Waals surface area contributed by atoms with Gasteiger partial charge in [0.2, 0.25) is 0 Å². The van der Waals surface area contributed by atoms with Crippen LogP contribution in [0.1, 0.15) is 0 Å². The molecule has 0 aliphatic rings. The summed E-state index contributed by atoms with van der Waals surface area (Å²) in [6.07, 6.45) is 0. The van der Waals surface area contributed by atoms with Gasteiger partial charge >= 0.3 is 0 Å². The monoisotopic (exact) mass is 1090 g/mol. The first-order valence-corrected chi connectivity index (χ1v) is 29.8. The Morgan fingerprint density at radius 2 is 0.384 bits per heavy atom. The fourth-order valence-electron chi connectivity index (χ4n) is 13.7. The van der Waals surface area contributed by atoms with Crippen molar-refractivity contribution in [2.75, 3.05) is 0 Å². The van der Waals surface area contributed by atoms with Crippen molar-refractivity contribution >= 4 is 86.2 Å². The van der Waals surface area contributed by atoms with E-state index in [1.165, 1.54) is 164 Å². The fourth-order valence-corrected chi connectivity index (χ4v) is 13.7. The average molecular weight is 1090 g/mol. The number of rotatable bonds is 7. The smallest absolute Gasteiger partial charge is 0.00201 e. The molecule has 0 saturated heterocycles. The molecule has 0 radical (unpaired) electrons. The summed E-state index contributed by atoms with van der Waals surface area (Å²) >= 11 is 0. The molecule has 17 aromatic rings. The first-order chi connectivity index (χ1) is 42.7. The molecule has 0 fully saturated rings. The van der Waals surface area contributed by atoms with Crippen molar-refractivity contribution < 1.29 is 0 Å². The second-order valence-corrected chi connectivity index (χ2v) is 22.6. The summed E-state index contributed by atoms with van der Waals surface area (Å²) in [7, 11) is 0. The summed E-state index contributed by atoms with van der Waals surface area (Å²) in [5.41, 5.74) is 17.6. The summed E-state index contributed by atoms with van der Waals surface area (Å²) in [6.45, 7) is 0. The van der Waals surface area contributed by atoms with Crippen LogP contribution in [0.25, 0.3) is 164 Å². The van der Waals surface area contributed by atoms with E-state index in [1.54, 1.807) is 0 Å². The molecule has 0 heteroatoms. The molecule has 0 aliphatic carbocycles. The minimum absolute atomic E-state index is 1.23. The fraction of sp³-hybridized carbons (Fsp3) is 0. The molecule has 0 atom stereocenters. The Balaban J connectivity index is 0.000000141. The Hall–Kier alpha value is -11.2. The number of fused-ring (bicyclic) bond motifs is 8. The standard InChI is InChI=1S/C46H30.C40H26/c1-2-13-35-29-37(28-23-31(35)11-1)36-15-9-16-38(30-36)46-43-20-7-5-18-41(43)45(42-19-6-8-21-44(42)46)34-26-24-33(25-27-34)40-22-10-14-32-12-3-4-17-39(32)40;1-2-13-29-25-31(24-23-27(29)11-1)30-15-9-16-32(26-30)39-35-18-5-7-20-37(35)40(38-21-8-6-19-36(38)39)34-22-10-14-28-12-3-4-17-33(28)34/h1-30H;1-26H. The van der Waals surface area contributed by atoms with Crippen LogP contribution in [-0.4, -0.2) is 0 Å². The van der Waals surface area contributed by atoms with Crippen molar-refractivity contribution in [3.05, 3.63) is 340 Å². The summed E-state index contributed by atoms with van der Waals surface area (Å²) in [5, 5.41) is 20.3. The molecular weight excluding hydrogens is 1030 g/mol. The van der Waals surface area contributed by atoms with Gasteiger partial charge in [0.15, 0.2) is 0 Å². The van der Waals surface area contributed by atoms with E-state index >= 15 is 0 Å². The zero-order chi connectivity index (χ0) is 56.9. The van der Waals surface area contributed by atoms with Crippen LogP contribution in [0.5, 0.6) is 0 Å². The molecule has 0 N–H and O–H groups in total. The van der Waals surface area contributed by atoms with Crippen molar-refractivity contribution in [3.8, 4) is 77.9 Å². The third-order valence-corrected chi connectivity index (χ3v) is 17.7. The maximum atomic E-state index is 2.36.